The predicted octanol–water partition coefficient (Wildman–Crippen LogP) is 4.96. The van der Waals surface area contributed by atoms with Crippen molar-refractivity contribution in [3.05, 3.63) is 88.5 Å². The van der Waals surface area contributed by atoms with Gasteiger partial charge >= 0.3 is 5.97 Å². The maximum atomic E-state index is 13.6. The van der Waals surface area contributed by atoms with Crippen LogP contribution in [0.5, 0.6) is 0 Å². The lowest BCUT2D eigenvalue weighted by molar-refractivity contribution is -0.122. The van der Waals surface area contributed by atoms with E-state index < -0.39 is 17.6 Å². The van der Waals surface area contributed by atoms with Gasteiger partial charge in [-0.1, -0.05) is 30.0 Å². The van der Waals surface area contributed by atoms with E-state index in [1.807, 2.05) is 0 Å². The van der Waals surface area contributed by atoms with Gasteiger partial charge in [-0.25, -0.2) is 18.6 Å². The van der Waals surface area contributed by atoms with Crippen molar-refractivity contribution in [2.75, 3.05) is 11.9 Å². The van der Waals surface area contributed by atoms with Crippen molar-refractivity contribution in [1.82, 2.24) is 9.88 Å². The molecule has 2 heterocycles. The van der Waals surface area contributed by atoms with Gasteiger partial charge in [-0.05, 0) is 60.7 Å². The number of halogens is 2. The molecule has 4 rings (SSSR count). The number of hydrogen-bond acceptors (Lipinski definition) is 6. The molecule has 182 valence electrons. The summed E-state index contributed by atoms with van der Waals surface area (Å²) in [5, 5.41) is 11.6. The lowest BCUT2D eigenvalue weighted by Crippen LogP contribution is -2.31. The highest BCUT2D eigenvalue weighted by Crippen LogP contribution is 2.32. The molecule has 1 aromatic heterocycles. The van der Waals surface area contributed by atoms with Crippen molar-refractivity contribution in [3.8, 4) is 11.3 Å². The summed E-state index contributed by atoms with van der Waals surface area (Å²) in [7, 11) is 0. The molecule has 7 nitrogen and oxygen atoms in total. The van der Waals surface area contributed by atoms with E-state index in [1.54, 1.807) is 24.3 Å². The number of thioether (sulfide) groups is 1. The Kier molecular flexibility index (Phi) is 7.51. The van der Waals surface area contributed by atoms with E-state index in [2.05, 4.69) is 10.3 Å². The molecule has 2 N–H and O–H groups in total. The predicted molar refractivity (Wildman–Crippen MR) is 136 cm³/mol. The van der Waals surface area contributed by atoms with Crippen LogP contribution in [0.1, 0.15) is 22.5 Å². The van der Waals surface area contributed by atoms with Crippen molar-refractivity contribution < 1.29 is 28.3 Å². The Morgan fingerprint density at radius 2 is 1.83 bits per heavy atom. The van der Waals surface area contributed by atoms with Crippen LogP contribution in [0.2, 0.25) is 0 Å². The molecule has 0 unspecified atom stereocenters. The van der Waals surface area contributed by atoms with Crippen molar-refractivity contribution in [3.63, 3.8) is 0 Å². The molecule has 0 radical (unpaired) electrons. The van der Waals surface area contributed by atoms with Gasteiger partial charge in [-0.3, -0.25) is 14.5 Å². The van der Waals surface area contributed by atoms with Gasteiger partial charge < -0.3 is 10.4 Å². The number of amides is 2. The molecular formula is C25H17F2N3O4S2. The van der Waals surface area contributed by atoms with Crippen LogP contribution in [0.4, 0.5) is 14.5 Å². The molecule has 0 bridgehead atoms. The molecule has 1 aliphatic heterocycles. The molecule has 36 heavy (non-hydrogen) atoms. The molecule has 3 aromatic rings. The van der Waals surface area contributed by atoms with E-state index in [-0.39, 0.29) is 30.3 Å². The molecule has 11 heteroatoms. The zero-order valence-electron chi connectivity index (χ0n) is 18.4. The standard InChI is InChI=1S/C25H17F2N3O4S2/c26-18-9-6-15(12-19(18)27)20-3-1-2-17(28-20)13-21-23(32)30(25(35)36-21)11-10-22(31)29-16-7-4-14(5-8-16)24(33)34/h1-9,12-13H,10-11H2,(H,29,31)(H,33,34). The van der Waals surface area contributed by atoms with E-state index in [9.17, 15) is 23.2 Å². The summed E-state index contributed by atoms with van der Waals surface area (Å²) in [4.78, 5) is 42.1. The molecule has 1 fully saturated rings. The smallest absolute Gasteiger partial charge is 0.335 e. The average Bonchev–Trinajstić information content (AvgIpc) is 3.12. The van der Waals surface area contributed by atoms with Gasteiger partial charge in [0.25, 0.3) is 5.91 Å². The number of carbonyl (C=O) groups excluding carboxylic acids is 2. The Hall–Kier alpha value is -3.96. The highest BCUT2D eigenvalue weighted by molar-refractivity contribution is 8.26. The van der Waals surface area contributed by atoms with Crippen molar-refractivity contribution in [2.45, 2.75) is 6.42 Å². The largest absolute Gasteiger partial charge is 0.478 e. The Labute approximate surface area is 213 Å². The molecule has 0 aliphatic carbocycles. The molecule has 1 aliphatic rings. The minimum absolute atomic E-state index is 0.0235. The van der Waals surface area contributed by atoms with Crippen LogP contribution < -0.4 is 5.32 Å². The summed E-state index contributed by atoms with van der Waals surface area (Å²) < 4.78 is 27.1. The van der Waals surface area contributed by atoms with Gasteiger partial charge in [-0.2, -0.15) is 0 Å². The van der Waals surface area contributed by atoms with Crippen LogP contribution in [-0.2, 0) is 9.59 Å². The van der Waals surface area contributed by atoms with Crippen LogP contribution in [0.25, 0.3) is 17.3 Å². The van der Waals surface area contributed by atoms with E-state index >= 15 is 0 Å². The summed E-state index contributed by atoms with van der Waals surface area (Å²) in [5.41, 5.74) is 1.76. The first-order chi connectivity index (χ1) is 17.2. The molecule has 0 spiro atoms. The van der Waals surface area contributed by atoms with E-state index in [1.165, 1.54) is 35.2 Å². The molecule has 2 amide bonds. The van der Waals surface area contributed by atoms with Gasteiger partial charge in [-0.15, -0.1) is 0 Å². The fourth-order valence-corrected chi connectivity index (χ4v) is 4.60. The van der Waals surface area contributed by atoms with Crippen LogP contribution >= 0.6 is 24.0 Å². The second-order valence-electron chi connectivity index (χ2n) is 7.59. The Bertz CT molecular complexity index is 1410. The number of anilines is 1. The van der Waals surface area contributed by atoms with Crippen molar-refractivity contribution >= 4 is 57.8 Å². The highest BCUT2D eigenvalue weighted by atomic mass is 32.2. The number of aromatic carboxylic acids is 1. The first-order valence-electron chi connectivity index (χ1n) is 10.5. The zero-order valence-corrected chi connectivity index (χ0v) is 20.0. The number of rotatable bonds is 7. The quantitative estimate of drug-likeness (QED) is 0.332. The van der Waals surface area contributed by atoms with Crippen LogP contribution in [0.15, 0.2) is 65.6 Å². The number of pyridine rings is 1. The number of aromatic nitrogens is 1. The molecular weight excluding hydrogens is 508 g/mol. The third-order valence-electron chi connectivity index (χ3n) is 5.12. The Balaban J connectivity index is 1.40. The van der Waals surface area contributed by atoms with Gasteiger partial charge in [0.2, 0.25) is 5.91 Å². The highest BCUT2D eigenvalue weighted by Gasteiger charge is 2.32. The second-order valence-corrected chi connectivity index (χ2v) is 9.27. The summed E-state index contributed by atoms with van der Waals surface area (Å²) in [6.45, 7) is 0.0589. The topological polar surface area (TPSA) is 99.6 Å². The third kappa shape index (κ3) is 5.81. The minimum Gasteiger partial charge on any atom is -0.478 e. The monoisotopic (exact) mass is 525 g/mol. The summed E-state index contributed by atoms with van der Waals surface area (Å²) >= 11 is 6.38. The third-order valence-corrected chi connectivity index (χ3v) is 6.49. The number of hydrogen-bond donors (Lipinski definition) is 2. The lowest BCUT2D eigenvalue weighted by Gasteiger charge is -2.14. The van der Waals surface area contributed by atoms with Gasteiger partial charge in [0.1, 0.15) is 4.32 Å². The fourth-order valence-electron chi connectivity index (χ4n) is 3.31. The van der Waals surface area contributed by atoms with Crippen LogP contribution in [0, 0.1) is 11.6 Å². The van der Waals surface area contributed by atoms with Crippen molar-refractivity contribution in [1.29, 1.82) is 0 Å². The van der Waals surface area contributed by atoms with Crippen LogP contribution in [-0.4, -0.2) is 43.6 Å². The molecule has 0 atom stereocenters. The van der Waals surface area contributed by atoms with Crippen molar-refractivity contribution in [2.24, 2.45) is 0 Å². The minimum atomic E-state index is -1.07. The van der Waals surface area contributed by atoms with Gasteiger partial charge in [0, 0.05) is 24.2 Å². The summed E-state index contributed by atoms with van der Waals surface area (Å²) in [6.07, 6.45) is 1.52. The Morgan fingerprint density at radius 3 is 2.53 bits per heavy atom. The number of benzene rings is 2. The summed E-state index contributed by atoms with van der Waals surface area (Å²) in [6, 6.07) is 14.2. The first-order valence-corrected chi connectivity index (χ1v) is 11.7. The number of nitrogens with zero attached hydrogens (tertiary/aromatic N) is 2. The van der Waals surface area contributed by atoms with Crippen LogP contribution in [0.3, 0.4) is 0 Å². The number of nitrogens with one attached hydrogen (secondary N) is 1. The number of carboxylic acid groups (broad SMARTS) is 1. The first kappa shape index (κ1) is 25.1. The number of carbonyl (C=O) groups is 3. The van der Waals surface area contributed by atoms with E-state index in [4.69, 9.17) is 17.3 Å². The summed E-state index contributed by atoms with van der Waals surface area (Å²) in [5.74, 6) is -3.74. The maximum Gasteiger partial charge on any atom is 0.335 e. The van der Waals surface area contributed by atoms with Gasteiger partial charge in [0.15, 0.2) is 11.6 Å². The number of carboxylic acids is 1. The number of thiocarbonyl (C=S) groups is 1. The molecule has 0 saturated carbocycles. The molecule has 2 aromatic carbocycles. The normalized spacial score (nSPS) is 14.4. The van der Waals surface area contributed by atoms with Gasteiger partial charge in [0.05, 0.1) is 21.9 Å². The lowest BCUT2D eigenvalue weighted by atomic mass is 10.1. The SMILES string of the molecule is O=C(CCN1C(=O)C(=Cc2cccc(-c3ccc(F)c(F)c3)n2)SC1=S)Nc1ccc(C(=O)O)cc1. The van der Waals surface area contributed by atoms with E-state index in [0.29, 0.717) is 31.9 Å². The second kappa shape index (κ2) is 10.8. The average molecular weight is 526 g/mol. The maximum absolute atomic E-state index is 13.6. The Morgan fingerprint density at radius 1 is 1.08 bits per heavy atom. The van der Waals surface area contributed by atoms with E-state index in [0.717, 1.165) is 23.9 Å². The fraction of sp³-hybridized carbons (Fsp3) is 0.0800. The molecule has 1 saturated heterocycles. The zero-order chi connectivity index (χ0) is 25.8.